The smallest absolute Gasteiger partial charge is 0.237 e. The number of carbonyl (C=O) groups excluding carboxylic acids is 1. The molecule has 0 unspecified atom stereocenters. The number of carbonyl (C=O) groups is 1. The van der Waals surface area contributed by atoms with Crippen LogP contribution >= 0.6 is 11.6 Å². The minimum atomic E-state index is -4.31. The van der Waals surface area contributed by atoms with Crippen molar-refractivity contribution in [2.24, 2.45) is 0 Å². The second kappa shape index (κ2) is 9.96. The Bertz CT molecular complexity index is 1810. The van der Waals surface area contributed by atoms with Crippen molar-refractivity contribution in [2.45, 2.75) is 5.75 Å². The number of hydrogen-bond donors (Lipinski definition) is 2. The van der Waals surface area contributed by atoms with E-state index in [9.17, 15) is 22.0 Å². The molecular formula is C27H17ClF3N3O3S. The predicted molar refractivity (Wildman–Crippen MR) is 139 cm³/mol. The SMILES string of the molecule is O=C(c1c(F)ccc(NS(=O)(=O)Cc2ccccc2F)c1F)c1c[nH]c2ncc(-c3ccc(Cl)cc3)cc12. The van der Waals surface area contributed by atoms with Gasteiger partial charge in [-0.2, -0.15) is 0 Å². The lowest BCUT2D eigenvalue weighted by Crippen LogP contribution is -2.18. The van der Waals surface area contributed by atoms with Crippen molar-refractivity contribution in [1.29, 1.82) is 0 Å². The van der Waals surface area contributed by atoms with Crippen LogP contribution in [0.2, 0.25) is 5.02 Å². The molecule has 0 aliphatic heterocycles. The molecular weight excluding hydrogens is 539 g/mol. The van der Waals surface area contributed by atoms with Crippen LogP contribution in [-0.4, -0.2) is 24.2 Å². The second-order valence-electron chi connectivity index (χ2n) is 8.40. The normalized spacial score (nSPS) is 11.6. The lowest BCUT2D eigenvalue weighted by atomic mass is 10.00. The number of ketones is 1. The molecule has 0 aliphatic carbocycles. The number of sulfonamides is 1. The van der Waals surface area contributed by atoms with E-state index in [0.29, 0.717) is 21.6 Å². The number of H-pyrrole nitrogens is 1. The van der Waals surface area contributed by atoms with Gasteiger partial charge in [0.25, 0.3) is 0 Å². The molecule has 6 nitrogen and oxygen atoms in total. The lowest BCUT2D eigenvalue weighted by Gasteiger charge is -2.12. The monoisotopic (exact) mass is 555 g/mol. The van der Waals surface area contributed by atoms with Gasteiger partial charge in [-0.3, -0.25) is 9.52 Å². The largest absolute Gasteiger partial charge is 0.345 e. The number of rotatable bonds is 7. The summed E-state index contributed by atoms with van der Waals surface area (Å²) in [5.74, 6) is -5.14. The zero-order chi connectivity index (χ0) is 27.0. The molecule has 3 aromatic carbocycles. The molecule has 0 bridgehead atoms. The van der Waals surface area contributed by atoms with Crippen LogP contribution in [0.15, 0.2) is 79.1 Å². The third kappa shape index (κ3) is 5.00. The summed E-state index contributed by atoms with van der Waals surface area (Å²) in [6.07, 6.45) is 2.85. The number of anilines is 1. The Kier molecular flexibility index (Phi) is 6.68. The summed E-state index contributed by atoms with van der Waals surface area (Å²) < 4.78 is 71.3. The second-order valence-corrected chi connectivity index (χ2v) is 10.6. The highest BCUT2D eigenvalue weighted by Gasteiger charge is 2.26. The van der Waals surface area contributed by atoms with Gasteiger partial charge in [-0.1, -0.05) is 41.9 Å². The third-order valence-corrected chi connectivity index (χ3v) is 7.31. The fraction of sp³-hybridized carbons (Fsp3) is 0.0370. The number of pyridine rings is 1. The van der Waals surface area contributed by atoms with Crippen molar-refractivity contribution in [3.8, 4) is 11.1 Å². The van der Waals surface area contributed by atoms with Crippen molar-refractivity contribution in [1.82, 2.24) is 9.97 Å². The summed E-state index contributed by atoms with van der Waals surface area (Å²) in [6, 6.07) is 15.4. The molecule has 0 fully saturated rings. The Hall–Kier alpha value is -4.15. The first-order chi connectivity index (χ1) is 18.1. The topological polar surface area (TPSA) is 91.9 Å². The van der Waals surface area contributed by atoms with Crippen molar-refractivity contribution >= 4 is 44.1 Å². The summed E-state index contributed by atoms with van der Waals surface area (Å²) in [4.78, 5) is 20.4. The Morgan fingerprint density at radius 1 is 0.947 bits per heavy atom. The van der Waals surface area contributed by atoms with Gasteiger partial charge in [0.05, 0.1) is 17.0 Å². The molecule has 5 rings (SSSR count). The van der Waals surface area contributed by atoms with Crippen molar-refractivity contribution in [2.75, 3.05) is 4.72 Å². The molecule has 0 spiro atoms. The van der Waals surface area contributed by atoms with Crippen LogP contribution in [0, 0.1) is 17.5 Å². The zero-order valence-corrected chi connectivity index (χ0v) is 20.9. The van der Waals surface area contributed by atoms with E-state index < -0.39 is 50.3 Å². The van der Waals surface area contributed by atoms with E-state index in [2.05, 4.69) is 9.97 Å². The maximum atomic E-state index is 15.4. The fourth-order valence-corrected chi connectivity index (χ4v) is 5.32. The number of nitrogens with zero attached hydrogens (tertiary/aromatic N) is 1. The number of nitrogens with one attached hydrogen (secondary N) is 2. The quantitative estimate of drug-likeness (QED) is 0.225. The molecule has 2 aromatic heterocycles. The first-order valence-corrected chi connectivity index (χ1v) is 13.2. The van der Waals surface area contributed by atoms with E-state index in [1.807, 2.05) is 4.72 Å². The van der Waals surface area contributed by atoms with Gasteiger partial charge in [0.15, 0.2) is 5.82 Å². The molecule has 5 aromatic rings. The molecule has 0 amide bonds. The molecule has 38 heavy (non-hydrogen) atoms. The first kappa shape index (κ1) is 25.5. The van der Waals surface area contributed by atoms with Crippen molar-refractivity contribution in [3.63, 3.8) is 0 Å². The first-order valence-electron chi connectivity index (χ1n) is 11.1. The maximum Gasteiger partial charge on any atom is 0.237 e. The number of aromatic nitrogens is 2. The van der Waals surface area contributed by atoms with E-state index in [0.717, 1.165) is 23.8 Å². The van der Waals surface area contributed by atoms with Crippen LogP contribution in [0.3, 0.4) is 0 Å². The van der Waals surface area contributed by atoms with Crippen LogP contribution in [0.1, 0.15) is 21.5 Å². The molecule has 11 heteroatoms. The van der Waals surface area contributed by atoms with Gasteiger partial charge >= 0.3 is 0 Å². The standard InChI is InChI=1S/C27H17ClF3N3O3S/c28-18-7-5-15(6-8-18)17-11-19-20(13-33-27(19)32-12-17)26(35)24-22(30)9-10-23(25(24)31)34-38(36,37)14-16-3-1-2-4-21(16)29/h1-13,34H,14H2,(H,32,33). The highest BCUT2D eigenvalue weighted by Crippen LogP contribution is 2.30. The molecule has 0 saturated carbocycles. The number of aromatic amines is 1. The van der Waals surface area contributed by atoms with E-state index in [1.165, 1.54) is 24.4 Å². The van der Waals surface area contributed by atoms with Gasteiger partial charge in [0.2, 0.25) is 15.8 Å². The van der Waals surface area contributed by atoms with Crippen LogP contribution in [0.4, 0.5) is 18.9 Å². The highest BCUT2D eigenvalue weighted by atomic mass is 35.5. The molecule has 192 valence electrons. The summed E-state index contributed by atoms with van der Waals surface area (Å²) in [7, 11) is -4.31. The fourth-order valence-electron chi connectivity index (χ4n) is 3.99. The summed E-state index contributed by atoms with van der Waals surface area (Å²) in [5.41, 5.74) is -0.0899. The van der Waals surface area contributed by atoms with Gasteiger partial charge in [-0.15, -0.1) is 0 Å². The molecule has 2 N–H and O–H groups in total. The average Bonchev–Trinajstić information content (AvgIpc) is 3.31. The molecule has 2 heterocycles. The zero-order valence-electron chi connectivity index (χ0n) is 19.3. The summed E-state index contributed by atoms with van der Waals surface area (Å²) >= 11 is 5.95. The lowest BCUT2D eigenvalue weighted by molar-refractivity contribution is 0.103. The van der Waals surface area contributed by atoms with Crippen LogP contribution in [0.25, 0.3) is 22.2 Å². The Balaban J connectivity index is 1.50. The number of hydrogen-bond acceptors (Lipinski definition) is 4. The van der Waals surface area contributed by atoms with Crippen LogP contribution < -0.4 is 4.72 Å². The predicted octanol–water partition coefficient (Wildman–Crippen LogP) is 6.47. The minimum Gasteiger partial charge on any atom is -0.345 e. The van der Waals surface area contributed by atoms with Crippen molar-refractivity contribution < 1.29 is 26.4 Å². The molecule has 0 atom stereocenters. The van der Waals surface area contributed by atoms with Crippen molar-refractivity contribution in [3.05, 3.63) is 118 Å². The van der Waals surface area contributed by atoms with E-state index in [-0.39, 0.29) is 11.1 Å². The third-order valence-electron chi connectivity index (χ3n) is 5.84. The molecule has 0 saturated heterocycles. The number of benzene rings is 3. The van der Waals surface area contributed by atoms with Crippen LogP contribution in [0.5, 0.6) is 0 Å². The van der Waals surface area contributed by atoms with Crippen LogP contribution in [-0.2, 0) is 15.8 Å². The minimum absolute atomic E-state index is 0.0625. The maximum absolute atomic E-state index is 15.4. The average molecular weight is 556 g/mol. The molecule has 0 radical (unpaired) electrons. The summed E-state index contributed by atoms with van der Waals surface area (Å²) in [5, 5.41) is 0.849. The van der Waals surface area contributed by atoms with E-state index in [4.69, 9.17) is 11.6 Å². The number of halogens is 4. The van der Waals surface area contributed by atoms with Gasteiger partial charge in [0.1, 0.15) is 17.3 Å². The number of fused-ring (bicyclic) bond motifs is 1. The summed E-state index contributed by atoms with van der Waals surface area (Å²) in [6.45, 7) is 0. The molecule has 0 aliphatic rings. The van der Waals surface area contributed by atoms with E-state index in [1.54, 1.807) is 36.5 Å². The van der Waals surface area contributed by atoms with Gasteiger partial charge in [-0.05, 0) is 42.0 Å². The van der Waals surface area contributed by atoms with Gasteiger partial charge in [0, 0.05) is 39.5 Å². The Labute approximate surface area is 220 Å². The van der Waals surface area contributed by atoms with Gasteiger partial charge < -0.3 is 4.98 Å². The Morgan fingerprint density at radius 3 is 2.42 bits per heavy atom. The van der Waals surface area contributed by atoms with Gasteiger partial charge in [-0.25, -0.2) is 26.6 Å². The van der Waals surface area contributed by atoms with E-state index >= 15 is 4.39 Å². The highest BCUT2D eigenvalue weighted by molar-refractivity contribution is 7.91. The Morgan fingerprint density at radius 2 is 1.68 bits per heavy atom.